The largest absolute Gasteiger partial charge is 0.348 e. The quantitative estimate of drug-likeness (QED) is 0.628. The maximum Gasteiger partial charge on any atom is 0.262 e. The van der Waals surface area contributed by atoms with E-state index in [4.69, 9.17) is 11.6 Å². The van der Waals surface area contributed by atoms with Crippen LogP contribution in [-0.2, 0) is 16.6 Å². The Morgan fingerprint density at radius 3 is 2.36 bits per heavy atom. The number of amides is 1. The minimum atomic E-state index is -3.82. The fourth-order valence-electron chi connectivity index (χ4n) is 2.67. The maximum atomic E-state index is 12.8. The molecule has 0 aliphatic heterocycles. The lowest BCUT2D eigenvalue weighted by atomic mass is 10.1. The van der Waals surface area contributed by atoms with Crippen molar-refractivity contribution < 1.29 is 13.2 Å². The number of carbonyl (C=O) groups excluding carboxylic acids is 1. The molecule has 0 heterocycles. The standard InChI is InChI=1S/C21H19ClN2O3S/c1-15-11-12-16(21(25)23-14-17-7-5-6-10-19(17)22)13-20(15)28(26,27)24-18-8-3-2-4-9-18/h2-13,24H,14H2,1H3,(H,23,25). The Morgan fingerprint density at radius 1 is 0.964 bits per heavy atom. The first-order valence-corrected chi connectivity index (χ1v) is 10.4. The zero-order valence-corrected chi connectivity index (χ0v) is 16.7. The van der Waals surface area contributed by atoms with E-state index < -0.39 is 10.0 Å². The van der Waals surface area contributed by atoms with Crippen molar-refractivity contribution in [2.24, 2.45) is 0 Å². The molecule has 0 radical (unpaired) electrons. The van der Waals surface area contributed by atoms with Crippen molar-refractivity contribution in [1.29, 1.82) is 0 Å². The topological polar surface area (TPSA) is 75.3 Å². The molecule has 2 N–H and O–H groups in total. The third-order valence-corrected chi connectivity index (χ3v) is 6.06. The van der Waals surface area contributed by atoms with Crippen molar-refractivity contribution in [2.75, 3.05) is 4.72 Å². The van der Waals surface area contributed by atoms with Crippen LogP contribution in [0.15, 0.2) is 77.7 Å². The number of anilines is 1. The Labute approximate surface area is 169 Å². The van der Waals surface area contributed by atoms with Crippen molar-refractivity contribution in [2.45, 2.75) is 18.4 Å². The lowest BCUT2D eigenvalue weighted by Gasteiger charge is -2.12. The number of benzene rings is 3. The molecule has 0 aromatic heterocycles. The molecule has 1 amide bonds. The van der Waals surface area contributed by atoms with Gasteiger partial charge in [-0.3, -0.25) is 9.52 Å². The van der Waals surface area contributed by atoms with Gasteiger partial charge in [0.2, 0.25) is 0 Å². The molecule has 0 unspecified atom stereocenters. The summed E-state index contributed by atoms with van der Waals surface area (Å²) in [5.74, 6) is -0.379. The van der Waals surface area contributed by atoms with Gasteiger partial charge in [0.25, 0.3) is 15.9 Å². The van der Waals surface area contributed by atoms with E-state index in [0.717, 1.165) is 5.56 Å². The Bertz CT molecular complexity index is 1100. The van der Waals surface area contributed by atoms with Crippen LogP contribution in [0.25, 0.3) is 0 Å². The number of nitrogens with one attached hydrogen (secondary N) is 2. The summed E-state index contributed by atoms with van der Waals surface area (Å²) in [6, 6.07) is 20.4. The molecule has 3 aromatic carbocycles. The minimum Gasteiger partial charge on any atom is -0.348 e. The van der Waals surface area contributed by atoms with Crippen LogP contribution in [0, 0.1) is 6.92 Å². The summed E-state index contributed by atoms with van der Waals surface area (Å²) in [7, 11) is -3.82. The second-order valence-corrected chi connectivity index (χ2v) is 8.28. The molecule has 3 aromatic rings. The van der Waals surface area contributed by atoms with Crippen molar-refractivity contribution in [3.8, 4) is 0 Å². The van der Waals surface area contributed by atoms with Crippen molar-refractivity contribution in [3.63, 3.8) is 0 Å². The van der Waals surface area contributed by atoms with Gasteiger partial charge in [0.1, 0.15) is 0 Å². The number of carbonyl (C=O) groups is 1. The third kappa shape index (κ3) is 4.71. The second-order valence-electron chi connectivity index (χ2n) is 6.23. The first-order chi connectivity index (χ1) is 13.4. The zero-order chi connectivity index (χ0) is 20.1. The first kappa shape index (κ1) is 19.9. The van der Waals surface area contributed by atoms with Crippen LogP contribution in [-0.4, -0.2) is 14.3 Å². The fourth-order valence-corrected chi connectivity index (χ4v) is 4.20. The smallest absolute Gasteiger partial charge is 0.262 e. The van der Waals surface area contributed by atoms with E-state index in [-0.39, 0.29) is 22.9 Å². The molecule has 0 fully saturated rings. The minimum absolute atomic E-state index is 0.0572. The molecule has 3 rings (SSSR count). The normalized spacial score (nSPS) is 11.1. The number of halogens is 1. The van der Waals surface area contributed by atoms with Crippen LogP contribution >= 0.6 is 11.6 Å². The van der Waals surface area contributed by atoms with Gasteiger partial charge < -0.3 is 5.32 Å². The number of hydrogen-bond donors (Lipinski definition) is 2. The number of rotatable bonds is 6. The Balaban J connectivity index is 1.80. The van der Waals surface area contributed by atoms with Gasteiger partial charge in [-0.05, 0) is 48.4 Å². The van der Waals surface area contributed by atoms with E-state index in [9.17, 15) is 13.2 Å². The van der Waals surface area contributed by atoms with Crippen LogP contribution in [0.1, 0.15) is 21.5 Å². The van der Waals surface area contributed by atoms with E-state index in [0.29, 0.717) is 16.3 Å². The molecule has 0 aliphatic rings. The highest BCUT2D eigenvalue weighted by Crippen LogP contribution is 2.21. The number of para-hydroxylation sites is 1. The lowest BCUT2D eigenvalue weighted by molar-refractivity contribution is 0.0950. The number of aryl methyl sites for hydroxylation is 1. The average Bonchev–Trinajstić information content (AvgIpc) is 2.68. The summed E-state index contributed by atoms with van der Waals surface area (Å²) in [5.41, 5.74) is 2.04. The predicted molar refractivity (Wildman–Crippen MR) is 111 cm³/mol. The summed E-state index contributed by atoms with van der Waals surface area (Å²) >= 11 is 6.10. The third-order valence-electron chi connectivity index (χ3n) is 4.16. The van der Waals surface area contributed by atoms with E-state index in [1.807, 2.05) is 18.2 Å². The average molecular weight is 415 g/mol. The molecular formula is C21H19ClN2O3S. The summed E-state index contributed by atoms with van der Waals surface area (Å²) in [5, 5.41) is 3.32. The van der Waals surface area contributed by atoms with Gasteiger partial charge in [-0.15, -0.1) is 0 Å². The molecule has 0 bridgehead atoms. The predicted octanol–water partition coefficient (Wildman–Crippen LogP) is 4.38. The molecule has 0 spiro atoms. The van der Waals surface area contributed by atoms with Crippen molar-refractivity contribution in [1.82, 2.24) is 5.32 Å². The highest BCUT2D eigenvalue weighted by atomic mass is 35.5. The number of sulfonamides is 1. The SMILES string of the molecule is Cc1ccc(C(=O)NCc2ccccc2Cl)cc1S(=O)(=O)Nc1ccccc1. The monoisotopic (exact) mass is 414 g/mol. The Morgan fingerprint density at radius 2 is 1.64 bits per heavy atom. The second kappa shape index (κ2) is 8.46. The Kier molecular flexibility index (Phi) is 6.02. The number of hydrogen-bond acceptors (Lipinski definition) is 3. The zero-order valence-electron chi connectivity index (χ0n) is 15.1. The van der Waals surface area contributed by atoms with Gasteiger partial charge in [-0.2, -0.15) is 0 Å². The summed E-state index contributed by atoms with van der Waals surface area (Å²) in [4.78, 5) is 12.6. The van der Waals surface area contributed by atoms with Gasteiger partial charge >= 0.3 is 0 Å². The molecule has 0 saturated heterocycles. The molecule has 5 nitrogen and oxygen atoms in total. The van der Waals surface area contributed by atoms with Gasteiger partial charge in [0.15, 0.2) is 0 Å². The molecule has 0 aliphatic carbocycles. The van der Waals surface area contributed by atoms with Crippen LogP contribution < -0.4 is 10.0 Å². The van der Waals surface area contributed by atoms with Crippen molar-refractivity contribution >= 4 is 33.2 Å². The van der Waals surface area contributed by atoms with Gasteiger partial charge in [-0.1, -0.05) is 54.1 Å². The first-order valence-electron chi connectivity index (χ1n) is 8.57. The van der Waals surface area contributed by atoms with Crippen LogP contribution in [0.5, 0.6) is 0 Å². The fraction of sp³-hybridized carbons (Fsp3) is 0.0952. The van der Waals surface area contributed by atoms with E-state index in [1.165, 1.54) is 6.07 Å². The summed E-state index contributed by atoms with van der Waals surface area (Å²) < 4.78 is 28.1. The van der Waals surface area contributed by atoms with Gasteiger partial charge in [-0.25, -0.2) is 8.42 Å². The van der Waals surface area contributed by atoms with Gasteiger partial charge in [0.05, 0.1) is 4.90 Å². The molecule has 7 heteroatoms. The molecule has 28 heavy (non-hydrogen) atoms. The summed E-state index contributed by atoms with van der Waals surface area (Å²) in [6.07, 6.45) is 0. The molecular weight excluding hydrogens is 396 g/mol. The summed E-state index contributed by atoms with van der Waals surface area (Å²) in [6.45, 7) is 1.93. The maximum absolute atomic E-state index is 12.8. The highest BCUT2D eigenvalue weighted by Gasteiger charge is 2.19. The van der Waals surface area contributed by atoms with Crippen LogP contribution in [0.2, 0.25) is 5.02 Å². The van der Waals surface area contributed by atoms with E-state index in [1.54, 1.807) is 55.5 Å². The Hall–Kier alpha value is -2.83. The molecule has 0 saturated carbocycles. The van der Waals surface area contributed by atoms with Crippen molar-refractivity contribution in [3.05, 3.63) is 94.5 Å². The highest BCUT2D eigenvalue weighted by molar-refractivity contribution is 7.92. The molecule has 144 valence electrons. The van der Waals surface area contributed by atoms with Gasteiger partial charge in [0, 0.05) is 22.8 Å². The van der Waals surface area contributed by atoms with Crippen LogP contribution in [0.4, 0.5) is 5.69 Å². The van der Waals surface area contributed by atoms with E-state index >= 15 is 0 Å². The van der Waals surface area contributed by atoms with E-state index in [2.05, 4.69) is 10.0 Å². The van der Waals surface area contributed by atoms with Crippen LogP contribution in [0.3, 0.4) is 0 Å². The lowest BCUT2D eigenvalue weighted by Crippen LogP contribution is -2.23. The molecule has 0 atom stereocenters.